The minimum absolute atomic E-state index is 0.0341. The van der Waals surface area contributed by atoms with E-state index in [-0.39, 0.29) is 11.8 Å². The van der Waals surface area contributed by atoms with Gasteiger partial charge in [0.05, 0.1) is 12.8 Å². The van der Waals surface area contributed by atoms with Gasteiger partial charge in [0.25, 0.3) is 0 Å². The molecule has 5 nitrogen and oxygen atoms in total. The van der Waals surface area contributed by atoms with E-state index in [1.54, 1.807) is 7.11 Å². The number of rotatable bonds is 8. The Labute approximate surface area is 176 Å². The fourth-order valence-electron chi connectivity index (χ4n) is 3.70. The molecule has 1 N–H and O–H groups in total. The first kappa shape index (κ1) is 19.7. The van der Waals surface area contributed by atoms with Gasteiger partial charge in [-0.2, -0.15) is 0 Å². The SMILES string of the molecule is COc1cccn2cc(CCNC(=O)CC(c3ccccc3)c3ccccc3)nc12. The zero-order chi connectivity index (χ0) is 20.8. The summed E-state index contributed by atoms with van der Waals surface area (Å²) < 4.78 is 7.30. The van der Waals surface area contributed by atoms with E-state index in [1.165, 1.54) is 0 Å². The molecule has 0 saturated carbocycles. The van der Waals surface area contributed by atoms with E-state index in [9.17, 15) is 4.79 Å². The largest absolute Gasteiger partial charge is 0.493 e. The highest BCUT2D eigenvalue weighted by molar-refractivity contribution is 5.77. The van der Waals surface area contributed by atoms with Gasteiger partial charge in [-0.1, -0.05) is 60.7 Å². The number of imidazole rings is 1. The molecular formula is C25H25N3O2. The van der Waals surface area contributed by atoms with Crippen molar-refractivity contribution in [2.75, 3.05) is 13.7 Å². The Kier molecular flexibility index (Phi) is 6.09. The second-order valence-corrected chi connectivity index (χ2v) is 7.22. The Balaban J connectivity index is 1.39. The van der Waals surface area contributed by atoms with Crippen LogP contribution in [0.5, 0.6) is 5.75 Å². The van der Waals surface area contributed by atoms with E-state index in [0.717, 1.165) is 28.2 Å². The van der Waals surface area contributed by atoms with Crippen molar-refractivity contribution in [1.29, 1.82) is 0 Å². The van der Waals surface area contributed by atoms with Crippen LogP contribution >= 0.6 is 0 Å². The second-order valence-electron chi connectivity index (χ2n) is 7.22. The number of fused-ring (bicyclic) bond motifs is 1. The summed E-state index contributed by atoms with van der Waals surface area (Å²) in [7, 11) is 1.64. The Bertz CT molecular complexity index is 1070. The summed E-state index contributed by atoms with van der Waals surface area (Å²) in [5.41, 5.74) is 4.00. The highest BCUT2D eigenvalue weighted by atomic mass is 16.5. The minimum Gasteiger partial charge on any atom is -0.493 e. The van der Waals surface area contributed by atoms with Crippen molar-refractivity contribution in [1.82, 2.24) is 14.7 Å². The molecule has 0 spiro atoms. The highest BCUT2D eigenvalue weighted by Gasteiger charge is 2.18. The van der Waals surface area contributed by atoms with E-state index in [0.29, 0.717) is 19.4 Å². The van der Waals surface area contributed by atoms with Crippen LogP contribution in [-0.4, -0.2) is 28.9 Å². The number of benzene rings is 2. The lowest BCUT2D eigenvalue weighted by atomic mass is 9.88. The molecule has 4 aromatic rings. The number of pyridine rings is 1. The van der Waals surface area contributed by atoms with Gasteiger partial charge in [-0.15, -0.1) is 0 Å². The fourth-order valence-corrected chi connectivity index (χ4v) is 3.70. The van der Waals surface area contributed by atoms with Crippen LogP contribution < -0.4 is 10.1 Å². The average molecular weight is 399 g/mol. The second kappa shape index (κ2) is 9.27. The third kappa shape index (κ3) is 4.51. The molecule has 0 bridgehead atoms. The van der Waals surface area contributed by atoms with Gasteiger partial charge >= 0.3 is 0 Å². The summed E-state index contributed by atoms with van der Waals surface area (Å²) in [4.78, 5) is 17.3. The topological polar surface area (TPSA) is 55.6 Å². The standard InChI is InChI=1S/C25H25N3O2/c1-30-23-13-8-16-28-18-21(27-25(23)28)14-15-26-24(29)17-22(19-9-4-2-5-10-19)20-11-6-3-7-12-20/h2-13,16,18,22H,14-15,17H2,1H3,(H,26,29). The van der Waals surface area contributed by atoms with Crippen molar-refractivity contribution >= 4 is 11.6 Å². The summed E-state index contributed by atoms with van der Waals surface area (Å²) in [5, 5.41) is 3.05. The van der Waals surface area contributed by atoms with E-state index in [1.807, 2.05) is 65.3 Å². The average Bonchev–Trinajstić information content (AvgIpc) is 3.21. The molecule has 4 rings (SSSR count). The number of ether oxygens (including phenoxy) is 1. The first-order valence-electron chi connectivity index (χ1n) is 10.1. The Hall–Kier alpha value is -3.60. The normalized spacial score (nSPS) is 11.0. The molecule has 0 fully saturated rings. The molecule has 2 aromatic heterocycles. The third-order valence-electron chi connectivity index (χ3n) is 5.21. The van der Waals surface area contributed by atoms with Crippen molar-refractivity contribution in [2.24, 2.45) is 0 Å². The number of carbonyl (C=O) groups excluding carboxylic acids is 1. The molecule has 152 valence electrons. The van der Waals surface area contributed by atoms with Crippen molar-refractivity contribution in [2.45, 2.75) is 18.8 Å². The van der Waals surface area contributed by atoms with Crippen LogP contribution in [0, 0.1) is 0 Å². The predicted molar refractivity (Wildman–Crippen MR) is 118 cm³/mol. The van der Waals surface area contributed by atoms with Gasteiger partial charge in [-0.3, -0.25) is 4.79 Å². The van der Waals surface area contributed by atoms with Crippen LogP contribution in [0.1, 0.15) is 29.2 Å². The summed E-state index contributed by atoms with van der Waals surface area (Å²) in [6.45, 7) is 0.543. The van der Waals surface area contributed by atoms with Gasteiger partial charge in [-0.25, -0.2) is 4.98 Å². The van der Waals surface area contributed by atoms with Crippen LogP contribution in [0.4, 0.5) is 0 Å². The Morgan fingerprint density at radius 1 is 1.00 bits per heavy atom. The maximum atomic E-state index is 12.7. The molecule has 0 saturated heterocycles. The summed E-state index contributed by atoms with van der Waals surface area (Å²) in [5.74, 6) is 0.808. The highest BCUT2D eigenvalue weighted by Crippen LogP contribution is 2.27. The third-order valence-corrected chi connectivity index (χ3v) is 5.21. The molecule has 1 amide bonds. The summed E-state index contributed by atoms with van der Waals surface area (Å²) in [6, 6.07) is 24.2. The van der Waals surface area contributed by atoms with Crippen molar-refractivity contribution in [3.63, 3.8) is 0 Å². The first-order valence-corrected chi connectivity index (χ1v) is 10.1. The number of nitrogens with zero attached hydrogens (tertiary/aromatic N) is 2. The molecule has 0 unspecified atom stereocenters. The van der Waals surface area contributed by atoms with E-state index >= 15 is 0 Å². The van der Waals surface area contributed by atoms with Gasteiger partial charge in [0.1, 0.15) is 0 Å². The fraction of sp³-hybridized carbons (Fsp3) is 0.200. The van der Waals surface area contributed by atoms with Gasteiger partial charge in [0.2, 0.25) is 5.91 Å². The lowest BCUT2D eigenvalue weighted by Gasteiger charge is -2.17. The molecule has 0 atom stereocenters. The number of aromatic nitrogens is 2. The number of hydrogen-bond donors (Lipinski definition) is 1. The number of nitrogens with one attached hydrogen (secondary N) is 1. The van der Waals surface area contributed by atoms with Crippen LogP contribution in [-0.2, 0) is 11.2 Å². The molecule has 5 heteroatoms. The number of methoxy groups -OCH3 is 1. The maximum absolute atomic E-state index is 12.7. The smallest absolute Gasteiger partial charge is 0.220 e. The van der Waals surface area contributed by atoms with E-state index < -0.39 is 0 Å². The number of carbonyl (C=O) groups is 1. The van der Waals surface area contributed by atoms with E-state index in [4.69, 9.17) is 4.74 Å². The van der Waals surface area contributed by atoms with Gasteiger partial charge < -0.3 is 14.5 Å². The van der Waals surface area contributed by atoms with Gasteiger partial charge in [-0.05, 0) is 23.3 Å². The van der Waals surface area contributed by atoms with Crippen LogP contribution in [0.15, 0.2) is 85.2 Å². The molecule has 2 aromatic carbocycles. The zero-order valence-corrected chi connectivity index (χ0v) is 17.0. The monoisotopic (exact) mass is 399 g/mol. The molecule has 0 aliphatic rings. The van der Waals surface area contributed by atoms with Crippen molar-refractivity contribution in [3.8, 4) is 5.75 Å². The van der Waals surface area contributed by atoms with E-state index in [2.05, 4.69) is 34.6 Å². The number of hydrogen-bond acceptors (Lipinski definition) is 3. The lowest BCUT2D eigenvalue weighted by Crippen LogP contribution is -2.27. The molecule has 2 heterocycles. The van der Waals surface area contributed by atoms with Crippen LogP contribution in [0.2, 0.25) is 0 Å². The lowest BCUT2D eigenvalue weighted by molar-refractivity contribution is -0.121. The van der Waals surface area contributed by atoms with Crippen LogP contribution in [0.25, 0.3) is 5.65 Å². The van der Waals surface area contributed by atoms with Crippen molar-refractivity contribution in [3.05, 3.63) is 102 Å². The maximum Gasteiger partial charge on any atom is 0.220 e. The summed E-state index contributed by atoms with van der Waals surface area (Å²) in [6.07, 6.45) is 4.99. The Morgan fingerprint density at radius 3 is 2.30 bits per heavy atom. The number of amides is 1. The quantitative estimate of drug-likeness (QED) is 0.483. The molecule has 0 aliphatic carbocycles. The predicted octanol–water partition coefficient (Wildman–Crippen LogP) is 4.22. The first-order chi connectivity index (χ1) is 14.7. The molecule has 0 radical (unpaired) electrons. The van der Waals surface area contributed by atoms with Gasteiger partial charge in [0, 0.05) is 37.7 Å². The molecular weight excluding hydrogens is 374 g/mol. The zero-order valence-electron chi connectivity index (χ0n) is 17.0. The molecule has 0 aliphatic heterocycles. The van der Waals surface area contributed by atoms with Crippen LogP contribution in [0.3, 0.4) is 0 Å². The Morgan fingerprint density at radius 2 is 1.67 bits per heavy atom. The molecule has 30 heavy (non-hydrogen) atoms. The van der Waals surface area contributed by atoms with Gasteiger partial charge in [0.15, 0.2) is 11.4 Å². The minimum atomic E-state index is 0.0341. The van der Waals surface area contributed by atoms with Crippen molar-refractivity contribution < 1.29 is 9.53 Å². The summed E-state index contributed by atoms with van der Waals surface area (Å²) >= 11 is 0.